The van der Waals surface area contributed by atoms with Crippen molar-refractivity contribution in [3.05, 3.63) is 23.4 Å². The highest BCUT2D eigenvalue weighted by molar-refractivity contribution is 5.43. The maximum Gasteiger partial charge on any atom is 0.129 e. The molecule has 1 aromatic rings. The normalized spacial score (nSPS) is 22.7. The minimum Gasteiger partial charge on any atom is -0.376 e. The van der Waals surface area contributed by atoms with Crippen molar-refractivity contribution in [2.75, 3.05) is 18.6 Å². The third kappa shape index (κ3) is 3.25. The van der Waals surface area contributed by atoms with Gasteiger partial charge in [-0.15, -0.1) is 0 Å². The zero-order valence-electron chi connectivity index (χ0n) is 12.2. The van der Waals surface area contributed by atoms with Crippen LogP contribution in [0.1, 0.15) is 37.9 Å². The lowest BCUT2D eigenvalue weighted by molar-refractivity contribution is 0.118. The number of nitrogens with two attached hydrogens (primary N) is 1. The summed E-state index contributed by atoms with van der Waals surface area (Å²) in [6.45, 7) is 5.71. The Hall–Kier alpha value is -1.13. The predicted octanol–water partition coefficient (Wildman–Crippen LogP) is 2.11. The van der Waals surface area contributed by atoms with Crippen LogP contribution in [0.5, 0.6) is 0 Å². The van der Waals surface area contributed by atoms with E-state index in [9.17, 15) is 0 Å². The number of ether oxygens (including phenoxy) is 1. The van der Waals surface area contributed by atoms with Crippen molar-refractivity contribution in [2.24, 2.45) is 5.73 Å². The summed E-state index contributed by atoms with van der Waals surface area (Å²) in [5.41, 5.74) is 8.09. The average Bonchev–Trinajstić information content (AvgIpc) is 2.84. The van der Waals surface area contributed by atoms with E-state index in [-0.39, 0.29) is 6.10 Å². The Morgan fingerprint density at radius 2 is 2.26 bits per heavy atom. The van der Waals surface area contributed by atoms with E-state index in [1.807, 2.05) is 0 Å². The molecule has 1 aliphatic heterocycles. The van der Waals surface area contributed by atoms with Gasteiger partial charge in [0.1, 0.15) is 5.82 Å². The van der Waals surface area contributed by atoms with Gasteiger partial charge in [-0.05, 0) is 37.5 Å². The summed E-state index contributed by atoms with van der Waals surface area (Å²) in [6.07, 6.45) is 3.44. The average molecular weight is 263 g/mol. The largest absolute Gasteiger partial charge is 0.376 e. The topological polar surface area (TPSA) is 51.4 Å². The highest BCUT2D eigenvalue weighted by Crippen LogP contribution is 2.24. The van der Waals surface area contributed by atoms with E-state index in [0.29, 0.717) is 12.6 Å². The highest BCUT2D eigenvalue weighted by Gasteiger charge is 2.28. The molecule has 2 N–H and O–H groups in total. The zero-order valence-corrected chi connectivity index (χ0v) is 12.2. The second kappa shape index (κ2) is 6.35. The second-order valence-electron chi connectivity index (χ2n) is 5.32. The quantitative estimate of drug-likeness (QED) is 0.884. The van der Waals surface area contributed by atoms with Gasteiger partial charge in [-0.2, -0.15) is 0 Å². The van der Waals surface area contributed by atoms with E-state index in [4.69, 9.17) is 15.5 Å². The maximum atomic E-state index is 5.79. The molecule has 0 amide bonds. The van der Waals surface area contributed by atoms with Gasteiger partial charge in [-0.1, -0.05) is 13.3 Å². The number of likely N-dealkylation sites (N-methyl/N-ethyl adjacent to an activating group) is 1. The number of rotatable bonds is 5. The molecule has 0 bridgehead atoms. The van der Waals surface area contributed by atoms with Crippen molar-refractivity contribution in [3.63, 3.8) is 0 Å². The Morgan fingerprint density at radius 1 is 1.47 bits per heavy atom. The SMILES string of the molecule is CCCc1cc(CN)cc(N(C)C2CCOC2C)n1. The molecular formula is C15H25N3O. The van der Waals surface area contributed by atoms with E-state index >= 15 is 0 Å². The van der Waals surface area contributed by atoms with Gasteiger partial charge >= 0.3 is 0 Å². The lowest BCUT2D eigenvalue weighted by Gasteiger charge is -2.28. The smallest absolute Gasteiger partial charge is 0.129 e. The van der Waals surface area contributed by atoms with Crippen molar-refractivity contribution < 1.29 is 4.74 Å². The third-order valence-corrected chi connectivity index (χ3v) is 3.86. The van der Waals surface area contributed by atoms with Crippen molar-refractivity contribution in [3.8, 4) is 0 Å². The fourth-order valence-corrected chi connectivity index (χ4v) is 2.71. The highest BCUT2D eigenvalue weighted by atomic mass is 16.5. The molecule has 1 aromatic heterocycles. The first-order valence-corrected chi connectivity index (χ1v) is 7.20. The number of anilines is 1. The number of aryl methyl sites for hydroxylation is 1. The summed E-state index contributed by atoms with van der Waals surface area (Å²) < 4.78 is 5.65. The molecular weight excluding hydrogens is 238 g/mol. The third-order valence-electron chi connectivity index (χ3n) is 3.86. The first-order chi connectivity index (χ1) is 9.15. The molecule has 2 unspecified atom stereocenters. The zero-order chi connectivity index (χ0) is 13.8. The van der Waals surface area contributed by atoms with Crippen LogP contribution in [0, 0.1) is 0 Å². The summed E-state index contributed by atoms with van der Waals surface area (Å²) in [5, 5.41) is 0. The van der Waals surface area contributed by atoms with Gasteiger partial charge in [-0.3, -0.25) is 0 Å². The molecule has 106 valence electrons. The van der Waals surface area contributed by atoms with Crippen molar-refractivity contribution in [1.82, 2.24) is 4.98 Å². The first-order valence-electron chi connectivity index (χ1n) is 7.20. The predicted molar refractivity (Wildman–Crippen MR) is 78.3 cm³/mol. The van der Waals surface area contributed by atoms with Crippen LogP contribution in [0.4, 0.5) is 5.82 Å². The summed E-state index contributed by atoms with van der Waals surface area (Å²) in [6, 6.07) is 4.63. The molecule has 19 heavy (non-hydrogen) atoms. The Labute approximate surface area is 116 Å². The van der Waals surface area contributed by atoms with Gasteiger partial charge in [0, 0.05) is 25.9 Å². The number of nitrogens with zero attached hydrogens (tertiary/aromatic N) is 2. The number of aromatic nitrogens is 1. The minimum absolute atomic E-state index is 0.267. The van der Waals surface area contributed by atoms with Gasteiger partial charge in [0.05, 0.1) is 12.1 Å². The number of hydrogen-bond donors (Lipinski definition) is 1. The van der Waals surface area contributed by atoms with E-state index in [1.54, 1.807) is 0 Å². The van der Waals surface area contributed by atoms with Gasteiger partial charge < -0.3 is 15.4 Å². The van der Waals surface area contributed by atoms with Gasteiger partial charge in [0.2, 0.25) is 0 Å². The van der Waals surface area contributed by atoms with Crippen molar-refractivity contribution >= 4 is 5.82 Å². The summed E-state index contributed by atoms with van der Waals surface area (Å²) in [4.78, 5) is 7.01. The van der Waals surface area contributed by atoms with Gasteiger partial charge in [-0.25, -0.2) is 4.98 Å². The molecule has 0 aromatic carbocycles. The lowest BCUT2D eigenvalue weighted by Crippen LogP contribution is -2.37. The second-order valence-corrected chi connectivity index (χ2v) is 5.32. The van der Waals surface area contributed by atoms with Crippen LogP contribution in [-0.2, 0) is 17.7 Å². The molecule has 4 heteroatoms. The van der Waals surface area contributed by atoms with Crippen LogP contribution in [0.3, 0.4) is 0 Å². The van der Waals surface area contributed by atoms with Crippen LogP contribution < -0.4 is 10.6 Å². The Morgan fingerprint density at radius 3 is 2.84 bits per heavy atom. The molecule has 0 spiro atoms. The van der Waals surface area contributed by atoms with Gasteiger partial charge in [0.25, 0.3) is 0 Å². The van der Waals surface area contributed by atoms with E-state index in [2.05, 4.69) is 37.9 Å². The molecule has 2 rings (SSSR count). The monoisotopic (exact) mass is 263 g/mol. The fraction of sp³-hybridized carbons (Fsp3) is 0.667. The lowest BCUT2D eigenvalue weighted by atomic mass is 10.1. The molecule has 4 nitrogen and oxygen atoms in total. The van der Waals surface area contributed by atoms with Crippen molar-refractivity contribution in [1.29, 1.82) is 0 Å². The molecule has 0 radical (unpaired) electrons. The number of hydrogen-bond acceptors (Lipinski definition) is 4. The molecule has 0 aliphatic carbocycles. The molecule has 0 saturated carbocycles. The summed E-state index contributed by atoms with van der Waals surface area (Å²) >= 11 is 0. The van der Waals surface area contributed by atoms with Crippen LogP contribution in [0.2, 0.25) is 0 Å². The molecule has 2 atom stereocenters. The fourth-order valence-electron chi connectivity index (χ4n) is 2.71. The van der Waals surface area contributed by atoms with Gasteiger partial charge in [0.15, 0.2) is 0 Å². The Balaban J connectivity index is 2.24. The van der Waals surface area contributed by atoms with E-state index < -0.39 is 0 Å². The number of pyridine rings is 1. The van der Waals surface area contributed by atoms with E-state index in [0.717, 1.165) is 42.9 Å². The first kappa shape index (κ1) is 14.3. The Kier molecular flexibility index (Phi) is 4.77. The standard InChI is InChI=1S/C15H25N3O/c1-4-5-13-8-12(10-16)9-15(17-13)18(3)14-6-7-19-11(14)2/h8-9,11,14H,4-7,10,16H2,1-3H3. The minimum atomic E-state index is 0.267. The van der Waals surface area contributed by atoms with E-state index in [1.165, 1.54) is 0 Å². The molecule has 2 heterocycles. The van der Waals surface area contributed by atoms with Crippen LogP contribution >= 0.6 is 0 Å². The molecule has 1 saturated heterocycles. The summed E-state index contributed by atoms with van der Waals surface area (Å²) in [7, 11) is 2.11. The van der Waals surface area contributed by atoms with Crippen molar-refractivity contribution in [2.45, 2.75) is 51.8 Å². The van der Waals surface area contributed by atoms with Crippen LogP contribution in [0.15, 0.2) is 12.1 Å². The Bertz CT molecular complexity index is 422. The molecule has 1 fully saturated rings. The maximum absolute atomic E-state index is 5.79. The molecule has 1 aliphatic rings. The van der Waals surface area contributed by atoms with Crippen LogP contribution in [0.25, 0.3) is 0 Å². The van der Waals surface area contributed by atoms with Crippen LogP contribution in [-0.4, -0.2) is 30.8 Å². The summed E-state index contributed by atoms with van der Waals surface area (Å²) in [5.74, 6) is 1.02.